The van der Waals surface area contributed by atoms with Crippen LogP contribution in [0.25, 0.3) is 0 Å². The molecule has 0 spiro atoms. The molecule has 0 aromatic heterocycles. The molecule has 2 heteroatoms. The lowest BCUT2D eigenvalue weighted by Crippen LogP contribution is -2.31. The molecule has 0 aliphatic carbocycles. The fourth-order valence-electron chi connectivity index (χ4n) is 1.78. The second-order valence-electron chi connectivity index (χ2n) is 4.03. The van der Waals surface area contributed by atoms with Crippen molar-refractivity contribution in [3.8, 4) is 0 Å². The molecule has 1 aromatic carbocycles. The smallest absolute Gasteiger partial charge is 0.227 e. The van der Waals surface area contributed by atoms with Crippen LogP contribution in [0.5, 0.6) is 0 Å². The summed E-state index contributed by atoms with van der Waals surface area (Å²) < 4.78 is 0. The zero-order chi connectivity index (χ0) is 11.3. The van der Waals surface area contributed by atoms with E-state index in [2.05, 4.69) is 19.2 Å². The second kappa shape index (κ2) is 5.54. The van der Waals surface area contributed by atoms with E-state index < -0.39 is 0 Å². The number of rotatable bonds is 4. The van der Waals surface area contributed by atoms with Crippen molar-refractivity contribution in [1.82, 2.24) is 5.32 Å². The van der Waals surface area contributed by atoms with Gasteiger partial charge in [-0.1, -0.05) is 44.2 Å². The summed E-state index contributed by atoms with van der Waals surface area (Å²) in [5.41, 5.74) is 1.10. The Kier molecular flexibility index (Phi) is 4.35. The first-order valence-corrected chi connectivity index (χ1v) is 5.49. The molecular formula is C13H19NO. The van der Waals surface area contributed by atoms with E-state index >= 15 is 0 Å². The number of benzene rings is 1. The molecule has 82 valence electrons. The van der Waals surface area contributed by atoms with Gasteiger partial charge in [-0.25, -0.2) is 0 Å². The van der Waals surface area contributed by atoms with Gasteiger partial charge in [-0.2, -0.15) is 0 Å². The second-order valence-corrected chi connectivity index (χ2v) is 4.03. The Balaban J connectivity index is 2.88. The van der Waals surface area contributed by atoms with Crippen molar-refractivity contribution in [3.63, 3.8) is 0 Å². The van der Waals surface area contributed by atoms with Crippen LogP contribution < -0.4 is 5.32 Å². The SMILES string of the molecule is CCNC(=O)C(c1ccccc1)C(C)C. The maximum Gasteiger partial charge on any atom is 0.227 e. The van der Waals surface area contributed by atoms with Crippen LogP contribution in [0.3, 0.4) is 0 Å². The van der Waals surface area contributed by atoms with Crippen LogP contribution >= 0.6 is 0 Å². The van der Waals surface area contributed by atoms with Crippen LogP contribution in [-0.2, 0) is 4.79 Å². The van der Waals surface area contributed by atoms with Crippen molar-refractivity contribution in [2.45, 2.75) is 26.7 Å². The van der Waals surface area contributed by atoms with Crippen LogP contribution in [0.1, 0.15) is 32.3 Å². The first-order valence-electron chi connectivity index (χ1n) is 5.49. The van der Waals surface area contributed by atoms with Crippen LogP contribution in [0.4, 0.5) is 0 Å². The highest BCUT2D eigenvalue weighted by atomic mass is 16.1. The Morgan fingerprint density at radius 2 is 1.87 bits per heavy atom. The fraction of sp³-hybridized carbons (Fsp3) is 0.462. The van der Waals surface area contributed by atoms with Crippen LogP contribution in [-0.4, -0.2) is 12.5 Å². The van der Waals surface area contributed by atoms with Crippen LogP contribution in [0, 0.1) is 5.92 Å². The third-order valence-electron chi connectivity index (χ3n) is 2.46. The number of hydrogen-bond donors (Lipinski definition) is 1. The van der Waals surface area contributed by atoms with Crippen molar-refractivity contribution in [2.24, 2.45) is 5.92 Å². The van der Waals surface area contributed by atoms with Gasteiger partial charge in [0, 0.05) is 6.54 Å². The molecule has 0 saturated carbocycles. The minimum atomic E-state index is -0.0360. The highest BCUT2D eigenvalue weighted by Gasteiger charge is 2.22. The molecule has 0 saturated heterocycles. The zero-order valence-corrected chi connectivity index (χ0v) is 9.66. The average Bonchev–Trinajstić information content (AvgIpc) is 2.19. The quantitative estimate of drug-likeness (QED) is 0.804. The summed E-state index contributed by atoms with van der Waals surface area (Å²) in [5, 5.41) is 2.89. The lowest BCUT2D eigenvalue weighted by molar-refractivity contribution is -0.123. The predicted molar refractivity (Wildman–Crippen MR) is 62.7 cm³/mol. The number of carbonyl (C=O) groups excluding carboxylic acids is 1. The Labute approximate surface area is 91.7 Å². The Bertz CT molecular complexity index is 306. The maximum atomic E-state index is 11.9. The Morgan fingerprint density at radius 1 is 1.27 bits per heavy atom. The van der Waals surface area contributed by atoms with Gasteiger partial charge in [0.25, 0.3) is 0 Å². The van der Waals surface area contributed by atoms with E-state index in [0.717, 1.165) is 5.56 Å². The van der Waals surface area contributed by atoms with Gasteiger partial charge in [0.05, 0.1) is 5.92 Å². The van der Waals surface area contributed by atoms with Crippen LogP contribution in [0.15, 0.2) is 30.3 Å². The summed E-state index contributed by atoms with van der Waals surface area (Å²) >= 11 is 0. The van der Waals surface area contributed by atoms with E-state index in [0.29, 0.717) is 12.5 Å². The topological polar surface area (TPSA) is 29.1 Å². The first-order chi connectivity index (χ1) is 7.16. The van der Waals surface area contributed by atoms with Crippen molar-refractivity contribution >= 4 is 5.91 Å². The van der Waals surface area contributed by atoms with E-state index in [-0.39, 0.29) is 11.8 Å². The third-order valence-corrected chi connectivity index (χ3v) is 2.46. The summed E-state index contributed by atoms with van der Waals surface area (Å²) in [5.74, 6) is 0.406. The molecule has 1 amide bonds. The van der Waals surface area contributed by atoms with Gasteiger partial charge in [0.15, 0.2) is 0 Å². The summed E-state index contributed by atoms with van der Waals surface area (Å²) in [6.45, 7) is 6.79. The molecule has 0 aliphatic rings. The van der Waals surface area contributed by atoms with Gasteiger partial charge < -0.3 is 5.32 Å². The maximum absolute atomic E-state index is 11.9. The van der Waals surface area contributed by atoms with Gasteiger partial charge in [0.2, 0.25) is 5.91 Å². The molecule has 15 heavy (non-hydrogen) atoms. The molecule has 1 aromatic rings. The molecule has 1 atom stereocenters. The average molecular weight is 205 g/mol. The van der Waals surface area contributed by atoms with E-state index in [9.17, 15) is 4.79 Å². The summed E-state index contributed by atoms with van der Waals surface area (Å²) in [4.78, 5) is 11.9. The van der Waals surface area contributed by atoms with Gasteiger partial charge >= 0.3 is 0 Å². The predicted octanol–water partition coefficient (Wildman–Crippen LogP) is 2.56. The number of carbonyl (C=O) groups is 1. The molecule has 2 nitrogen and oxygen atoms in total. The first kappa shape index (κ1) is 11.8. The normalized spacial score (nSPS) is 12.5. The molecule has 0 bridgehead atoms. The lowest BCUT2D eigenvalue weighted by atomic mass is 9.88. The van der Waals surface area contributed by atoms with Gasteiger partial charge in [0.1, 0.15) is 0 Å². The fourth-order valence-corrected chi connectivity index (χ4v) is 1.78. The molecule has 0 aliphatic heterocycles. The number of hydrogen-bond acceptors (Lipinski definition) is 1. The highest BCUT2D eigenvalue weighted by Crippen LogP contribution is 2.24. The summed E-state index contributed by atoms with van der Waals surface area (Å²) in [6, 6.07) is 9.95. The van der Waals surface area contributed by atoms with Crippen molar-refractivity contribution < 1.29 is 4.79 Å². The number of amides is 1. The Hall–Kier alpha value is -1.31. The minimum Gasteiger partial charge on any atom is -0.356 e. The van der Waals surface area contributed by atoms with E-state index in [4.69, 9.17) is 0 Å². The van der Waals surface area contributed by atoms with Gasteiger partial charge in [-0.15, -0.1) is 0 Å². The van der Waals surface area contributed by atoms with E-state index in [1.165, 1.54) is 0 Å². The molecule has 1 N–H and O–H groups in total. The minimum absolute atomic E-state index is 0.0360. The molecule has 0 fully saturated rings. The molecule has 0 radical (unpaired) electrons. The largest absolute Gasteiger partial charge is 0.356 e. The standard InChI is InChI=1S/C13H19NO/c1-4-14-13(15)12(10(2)3)11-8-6-5-7-9-11/h5-10,12H,4H2,1-3H3,(H,14,15). The van der Waals surface area contributed by atoms with E-state index in [1.807, 2.05) is 37.3 Å². The molecular weight excluding hydrogens is 186 g/mol. The zero-order valence-electron chi connectivity index (χ0n) is 9.66. The van der Waals surface area contributed by atoms with Crippen molar-refractivity contribution in [1.29, 1.82) is 0 Å². The van der Waals surface area contributed by atoms with Gasteiger partial charge in [-0.3, -0.25) is 4.79 Å². The molecule has 1 unspecified atom stereocenters. The van der Waals surface area contributed by atoms with Crippen molar-refractivity contribution in [3.05, 3.63) is 35.9 Å². The summed E-state index contributed by atoms with van der Waals surface area (Å²) in [7, 11) is 0. The van der Waals surface area contributed by atoms with Crippen LogP contribution in [0.2, 0.25) is 0 Å². The monoisotopic (exact) mass is 205 g/mol. The Morgan fingerprint density at radius 3 is 2.33 bits per heavy atom. The highest BCUT2D eigenvalue weighted by molar-refractivity contribution is 5.83. The number of nitrogens with one attached hydrogen (secondary N) is 1. The third kappa shape index (κ3) is 3.08. The number of likely N-dealkylation sites (N-methyl/N-ethyl adjacent to an activating group) is 1. The molecule has 1 rings (SSSR count). The van der Waals surface area contributed by atoms with Crippen molar-refractivity contribution in [2.75, 3.05) is 6.54 Å². The van der Waals surface area contributed by atoms with Gasteiger partial charge in [-0.05, 0) is 18.4 Å². The lowest BCUT2D eigenvalue weighted by Gasteiger charge is -2.20. The molecule has 0 heterocycles. The van der Waals surface area contributed by atoms with E-state index in [1.54, 1.807) is 0 Å². The summed E-state index contributed by atoms with van der Waals surface area (Å²) in [6.07, 6.45) is 0.